The van der Waals surface area contributed by atoms with Crippen LogP contribution >= 0.6 is 0 Å². The predicted molar refractivity (Wildman–Crippen MR) is 47.9 cm³/mol. The summed E-state index contributed by atoms with van der Waals surface area (Å²) >= 11 is 0. The Labute approximate surface area is 85.3 Å². The minimum Gasteiger partial charge on any atom is -0.450 e. The average Bonchev–Trinajstić information content (AvgIpc) is 1.99. The largest absolute Gasteiger partial charge is 0.512 e. The molecule has 7 nitrogen and oxygen atoms in total. The number of rotatable bonds is 1. The number of hydrogen-bond donors (Lipinski definition) is 2. The minimum atomic E-state index is -1.46. The molecule has 1 rings (SSSR count). The van der Waals surface area contributed by atoms with Crippen LogP contribution in [0.3, 0.4) is 0 Å². The standard InChI is InChI=1S/C8H11NO6/c1-8(15-7(12)13)4-2-3-5(9-8)14-6(10)11/h2-4H2,1H3,(H,10,11)(H,12,13). The molecule has 0 aromatic heterocycles. The SMILES string of the molecule is CC1(OC(=O)O)CCCC(OC(=O)O)=N1. The second kappa shape index (κ2) is 4.16. The van der Waals surface area contributed by atoms with Crippen LogP contribution in [0.25, 0.3) is 0 Å². The van der Waals surface area contributed by atoms with Gasteiger partial charge >= 0.3 is 12.3 Å². The van der Waals surface area contributed by atoms with E-state index in [-0.39, 0.29) is 5.90 Å². The van der Waals surface area contributed by atoms with Crippen LogP contribution in [0.2, 0.25) is 0 Å². The lowest BCUT2D eigenvalue weighted by molar-refractivity contribution is -0.0125. The first kappa shape index (κ1) is 11.3. The summed E-state index contributed by atoms with van der Waals surface area (Å²) in [5, 5.41) is 16.8. The van der Waals surface area contributed by atoms with Crippen molar-refractivity contribution in [2.75, 3.05) is 0 Å². The van der Waals surface area contributed by atoms with Crippen molar-refractivity contribution in [1.82, 2.24) is 0 Å². The van der Waals surface area contributed by atoms with Gasteiger partial charge < -0.3 is 19.7 Å². The highest BCUT2D eigenvalue weighted by molar-refractivity contribution is 5.86. The molecule has 7 heteroatoms. The molecule has 84 valence electrons. The molecule has 0 fully saturated rings. The quantitative estimate of drug-likeness (QED) is 0.647. The molecule has 0 aliphatic carbocycles. The Morgan fingerprint density at radius 2 is 2.07 bits per heavy atom. The Balaban J connectivity index is 2.74. The summed E-state index contributed by atoms with van der Waals surface area (Å²) in [4.78, 5) is 24.4. The summed E-state index contributed by atoms with van der Waals surface area (Å²) < 4.78 is 8.91. The van der Waals surface area contributed by atoms with Crippen LogP contribution in [0.15, 0.2) is 4.99 Å². The molecular weight excluding hydrogens is 206 g/mol. The average molecular weight is 217 g/mol. The Hall–Kier alpha value is -1.79. The molecule has 0 saturated heterocycles. The highest BCUT2D eigenvalue weighted by atomic mass is 16.7. The van der Waals surface area contributed by atoms with Crippen LogP contribution in [0.1, 0.15) is 26.2 Å². The van der Waals surface area contributed by atoms with Crippen LogP contribution < -0.4 is 0 Å². The van der Waals surface area contributed by atoms with Crippen LogP contribution in [-0.4, -0.2) is 34.1 Å². The lowest BCUT2D eigenvalue weighted by Gasteiger charge is -2.27. The van der Waals surface area contributed by atoms with Crippen molar-refractivity contribution < 1.29 is 29.3 Å². The molecule has 0 saturated carbocycles. The summed E-state index contributed by atoms with van der Waals surface area (Å²) in [6, 6.07) is 0. The Bertz CT molecular complexity index is 312. The number of ether oxygens (including phenoxy) is 2. The van der Waals surface area contributed by atoms with Gasteiger partial charge in [-0.3, -0.25) is 0 Å². The predicted octanol–water partition coefficient (Wildman–Crippen LogP) is 1.67. The Kier molecular flexibility index (Phi) is 3.13. The minimum absolute atomic E-state index is 0.0162. The van der Waals surface area contributed by atoms with Crippen molar-refractivity contribution in [3.63, 3.8) is 0 Å². The van der Waals surface area contributed by atoms with Gasteiger partial charge in [-0.15, -0.1) is 0 Å². The van der Waals surface area contributed by atoms with Crippen molar-refractivity contribution >= 4 is 18.2 Å². The van der Waals surface area contributed by atoms with Crippen LogP contribution in [0.4, 0.5) is 9.59 Å². The van der Waals surface area contributed by atoms with Gasteiger partial charge in [0.25, 0.3) is 0 Å². The van der Waals surface area contributed by atoms with Crippen molar-refractivity contribution in [3.05, 3.63) is 0 Å². The molecule has 0 aromatic rings. The fourth-order valence-electron chi connectivity index (χ4n) is 1.38. The van der Waals surface area contributed by atoms with Gasteiger partial charge in [-0.05, 0) is 13.3 Å². The van der Waals surface area contributed by atoms with Crippen molar-refractivity contribution in [2.45, 2.75) is 31.9 Å². The maximum absolute atomic E-state index is 10.4. The van der Waals surface area contributed by atoms with E-state index in [9.17, 15) is 9.59 Å². The maximum Gasteiger partial charge on any atom is 0.512 e. The van der Waals surface area contributed by atoms with E-state index in [1.165, 1.54) is 6.92 Å². The van der Waals surface area contributed by atoms with E-state index < -0.39 is 18.0 Å². The molecule has 0 aromatic carbocycles. The lowest BCUT2D eigenvalue weighted by atomic mass is 10.0. The summed E-state index contributed by atoms with van der Waals surface area (Å²) in [5.74, 6) is -0.0162. The van der Waals surface area contributed by atoms with Gasteiger partial charge in [-0.2, -0.15) is 0 Å². The van der Waals surface area contributed by atoms with E-state index in [1.54, 1.807) is 0 Å². The van der Waals surface area contributed by atoms with Gasteiger partial charge in [0.1, 0.15) is 0 Å². The van der Waals surface area contributed by atoms with Gasteiger partial charge in [0.05, 0.1) is 0 Å². The first-order chi connectivity index (χ1) is 6.91. The van der Waals surface area contributed by atoms with Gasteiger partial charge in [0.2, 0.25) is 11.6 Å². The van der Waals surface area contributed by atoms with Crippen molar-refractivity contribution in [3.8, 4) is 0 Å². The van der Waals surface area contributed by atoms with E-state index in [4.69, 9.17) is 10.2 Å². The zero-order valence-electron chi connectivity index (χ0n) is 8.10. The van der Waals surface area contributed by atoms with E-state index in [0.717, 1.165) is 0 Å². The van der Waals surface area contributed by atoms with E-state index >= 15 is 0 Å². The second-order valence-corrected chi connectivity index (χ2v) is 3.27. The number of carbonyl (C=O) groups is 2. The molecule has 0 radical (unpaired) electrons. The van der Waals surface area contributed by atoms with E-state index in [2.05, 4.69) is 14.5 Å². The van der Waals surface area contributed by atoms with Gasteiger partial charge in [0.15, 0.2) is 0 Å². The van der Waals surface area contributed by atoms with E-state index in [1.807, 2.05) is 0 Å². The second-order valence-electron chi connectivity index (χ2n) is 3.27. The highest BCUT2D eigenvalue weighted by Crippen LogP contribution is 2.26. The highest BCUT2D eigenvalue weighted by Gasteiger charge is 2.32. The summed E-state index contributed by atoms with van der Waals surface area (Å²) in [6.45, 7) is 1.46. The third-order valence-electron chi connectivity index (χ3n) is 1.90. The summed E-state index contributed by atoms with van der Waals surface area (Å²) in [5.41, 5.74) is -1.24. The Morgan fingerprint density at radius 3 is 2.60 bits per heavy atom. The molecule has 1 atom stereocenters. The first-order valence-electron chi connectivity index (χ1n) is 4.33. The summed E-state index contributed by atoms with van der Waals surface area (Å²) in [7, 11) is 0. The fraction of sp³-hybridized carbons (Fsp3) is 0.625. The normalized spacial score (nSPS) is 25.3. The number of aliphatic imine (C=N–C) groups is 1. The van der Waals surface area contributed by atoms with Crippen LogP contribution in [0, 0.1) is 0 Å². The molecule has 1 aliphatic heterocycles. The van der Waals surface area contributed by atoms with Gasteiger partial charge in [0, 0.05) is 12.8 Å². The van der Waals surface area contributed by atoms with Crippen LogP contribution in [-0.2, 0) is 9.47 Å². The first-order valence-corrected chi connectivity index (χ1v) is 4.33. The van der Waals surface area contributed by atoms with Gasteiger partial charge in [-0.25, -0.2) is 14.6 Å². The smallest absolute Gasteiger partial charge is 0.450 e. The number of carboxylic acid groups (broad SMARTS) is 2. The molecule has 0 spiro atoms. The molecule has 1 aliphatic rings. The zero-order chi connectivity index (χ0) is 11.5. The maximum atomic E-state index is 10.4. The van der Waals surface area contributed by atoms with Crippen molar-refractivity contribution in [1.29, 1.82) is 0 Å². The van der Waals surface area contributed by atoms with Gasteiger partial charge in [-0.1, -0.05) is 0 Å². The molecular formula is C8H11NO6. The molecule has 0 bridgehead atoms. The molecule has 2 N–H and O–H groups in total. The van der Waals surface area contributed by atoms with Crippen molar-refractivity contribution in [2.24, 2.45) is 4.99 Å². The lowest BCUT2D eigenvalue weighted by Crippen LogP contribution is -2.34. The molecule has 1 unspecified atom stereocenters. The summed E-state index contributed by atoms with van der Waals surface area (Å²) in [6.07, 6.45) is -1.57. The monoisotopic (exact) mass is 217 g/mol. The molecule has 0 amide bonds. The number of nitrogens with zero attached hydrogens (tertiary/aromatic N) is 1. The fourth-order valence-corrected chi connectivity index (χ4v) is 1.38. The number of hydrogen-bond acceptors (Lipinski definition) is 5. The topological polar surface area (TPSA) is 105 Å². The molecule has 1 heterocycles. The Morgan fingerprint density at radius 1 is 1.40 bits per heavy atom. The molecule has 15 heavy (non-hydrogen) atoms. The third kappa shape index (κ3) is 3.45. The van der Waals surface area contributed by atoms with E-state index in [0.29, 0.717) is 19.3 Å². The third-order valence-corrected chi connectivity index (χ3v) is 1.90. The zero-order valence-corrected chi connectivity index (χ0v) is 8.10. The van der Waals surface area contributed by atoms with Crippen LogP contribution in [0.5, 0.6) is 0 Å².